The van der Waals surface area contributed by atoms with Gasteiger partial charge in [-0.1, -0.05) is 0 Å². The molecule has 0 aliphatic carbocycles. The van der Waals surface area contributed by atoms with Gasteiger partial charge in [-0.25, -0.2) is 9.59 Å². The lowest BCUT2D eigenvalue weighted by atomic mass is 9.90. The highest BCUT2D eigenvalue weighted by molar-refractivity contribution is 5.91. The quantitative estimate of drug-likeness (QED) is 0.0879. The van der Waals surface area contributed by atoms with Crippen LogP contribution < -0.4 is 0 Å². The number of carbonyl (C=O) groups is 2. The first kappa shape index (κ1) is 54.3. The van der Waals surface area contributed by atoms with Gasteiger partial charge in [0.25, 0.3) is 0 Å². The van der Waals surface area contributed by atoms with Crippen LogP contribution in [0.2, 0.25) is 0 Å². The zero-order valence-electron chi connectivity index (χ0n) is 24.6. The summed E-state index contributed by atoms with van der Waals surface area (Å²) in [6.07, 6.45) is -36.2. The molecule has 0 aromatic heterocycles. The van der Waals surface area contributed by atoms with Crippen LogP contribution in [0, 0.1) is 0 Å². The van der Waals surface area contributed by atoms with Gasteiger partial charge in [0.05, 0.1) is 0 Å². The summed E-state index contributed by atoms with van der Waals surface area (Å²) < 4.78 is 451. The van der Waals surface area contributed by atoms with Gasteiger partial charge in [0, 0.05) is 12.2 Å². The molecule has 0 radical (unpaired) electrons. The first-order valence-corrected chi connectivity index (χ1v) is 12.1. The van der Waals surface area contributed by atoms with E-state index in [0.717, 1.165) is 0 Å². The number of carbonyl (C=O) groups excluding carboxylic acids is 2. The molecule has 0 rings (SSSR count). The fourth-order valence-corrected chi connectivity index (χ4v) is 2.88. The monoisotopic (exact) mass is 952 g/mol. The molecule has 0 N–H and O–H groups in total. The van der Waals surface area contributed by atoms with Gasteiger partial charge in [0.1, 0.15) is 0 Å². The third-order valence-corrected chi connectivity index (χ3v) is 6.20. The number of hydrogen-bond donors (Lipinski definition) is 0. The Morgan fingerprint density at radius 3 is 0.534 bits per heavy atom. The van der Waals surface area contributed by atoms with Gasteiger partial charge < -0.3 is 9.47 Å². The van der Waals surface area contributed by atoms with Crippen molar-refractivity contribution < 1.29 is 168 Å². The predicted octanol–water partition coefficient (Wildman–Crippen LogP) is 10.6. The molecule has 0 amide bonds. The highest BCUT2D eigenvalue weighted by Crippen LogP contribution is 2.66. The van der Waals surface area contributed by atoms with Crippen molar-refractivity contribution in [2.75, 3.05) is 0 Å². The van der Waals surface area contributed by atoms with Crippen molar-refractivity contribution in [1.29, 1.82) is 0 Å². The third-order valence-electron chi connectivity index (χ3n) is 6.20. The van der Waals surface area contributed by atoms with Crippen LogP contribution in [0.4, 0.5) is 149 Å². The van der Waals surface area contributed by atoms with Crippen molar-refractivity contribution in [1.82, 2.24) is 0 Å². The molecule has 0 fully saturated rings. The summed E-state index contributed by atoms with van der Waals surface area (Å²) in [6, 6.07) is 0. The number of hydrogen-bond acceptors (Lipinski definition) is 4. The second-order valence-corrected chi connectivity index (χ2v) is 10.1. The molecule has 0 saturated carbocycles. The Hall–Kier alpha value is -3.70. The first-order valence-electron chi connectivity index (χ1n) is 12.1. The maximum atomic E-state index is 13.7. The second-order valence-electron chi connectivity index (χ2n) is 10.1. The second kappa shape index (κ2) is 13.9. The van der Waals surface area contributed by atoms with Crippen molar-refractivity contribution in [3.05, 3.63) is 12.2 Å². The van der Waals surface area contributed by atoms with E-state index in [4.69, 9.17) is 0 Å². The summed E-state index contributed by atoms with van der Waals surface area (Å²) in [5.41, 5.74) is 0. The number of esters is 2. The van der Waals surface area contributed by atoms with Gasteiger partial charge in [-0.15, -0.1) is 0 Å². The molecule has 4 nitrogen and oxygen atoms in total. The van der Waals surface area contributed by atoms with Crippen LogP contribution in [-0.2, 0) is 19.1 Å². The Labute approximate surface area is 289 Å². The summed E-state index contributed by atoms with van der Waals surface area (Å²) in [7, 11) is 0. The molecule has 0 aromatic rings. The zero-order chi connectivity index (χ0) is 48.0. The van der Waals surface area contributed by atoms with Gasteiger partial charge in [0.2, 0.25) is 0 Å². The maximum absolute atomic E-state index is 13.7. The SMILES string of the molecule is O=C(/C=C\C(=O)OC(F)(F)C(F)(F)C(F)(F)C(F)(F)C(F)(F)C(F)(F)C(F)(F)C(F)(F)F)OC(F)(F)C(F)(F)C(F)(F)C(F)(F)C(F)(F)C(F)(F)C(F)(F)C(F)(F)F. The normalized spacial score (nSPS) is 16.5. The molecular weight excluding hydrogens is 950 g/mol. The summed E-state index contributed by atoms with van der Waals surface area (Å²) in [4.78, 5) is 22.2. The number of halogens is 34. The molecular formula is C20H2F34O4. The fourth-order valence-electron chi connectivity index (χ4n) is 2.88. The van der Waals surface area contributed by atoms with E-state index in [2.05, 4.69) is 0 Å². The molecule has 0 spiro atoms. The van der Waals surface area contributed by atoms with Crippen molar-refractivity contribution in [3.8, 4) is 0 Å². The lowest BCUT2D eigenvalue weighted by Gasteiger charge is -2.42. The largest absolute Gasteiger partial charge is 0.473 e. The standard InChI is InChI=1S/C20H2F34O4/c21-5(22,9(29,30)13(37,38)17(45,46)47)7(25,26)11(33,34)15(41,42)19(51,52)57-3(55)1-2-4(56)58-20(53,54)16(43,44)12(35,36)8(27,28)6(23,24)10(31,32)14(39,40)18(48,49)50/h1-2H/b2-1-. The molecule has 0 atom stereocenters. The van der Waals surface area contributed by atoms with E-state index in [9.17, 15) is 159 Å². The van der Waals surface area contributed by atoms with E-state index >= 15 is 0 Å². The molecule has 0 heterocycles. The van der Waals surface area contributed by atoms with Crippen LogP contribution in [-0.4, -0.2) is 108 Å². The average Bonchev–Trinajstić information content (AvgIpc) is 2.97. The van der Waals surface area contributed by atoms with Crippen LogP contribution in [0.15, 0.2) is 12.2 Å². The summed E-state index contributed by atoms with van der Waals surface area (Å²) in [5, 5.41) is 0. The van der Waals surface area contributed by atoms with Crippen LogP contribution in [0.5, 0.6) is 0 Å². The Bertz CT molecular complexity index is 1450. The Morgan fingerprint density at radius 1 is 0.241 bits per heavy atom. The van der Waals surface area contributed by atoms with Crippen molar-refractivity contribution in [2.24, 2.45) is 0 Å². The zero-order valence-corrected chi connectivity index (χ0v) is 24.6. The third kappa shape index (κ3) is 7.30. The maximum Gasteiger partial charge on any atom is 0.473 e. The van der Waals surface area contributed by atoms with Crippen molar-refractivity contribution in [2.45, 2.75) is 95.6 Å². The lowest BCUT2D eigenvalue weighted by molar-refractivity contribution is -0.473. The number of ether oxygens (including phenoxy) is 2. The highest BCUT2D eigenvalue weighted by Gasteiger charge is 2.97. The molecule has 0 aliphatic rings. The van der Waals surface area contributed by atoms with Crippen LogP contribution >= 0.6 is 0 Å². The van der Waals surface area contributed by atoms with E-state index in [1.54, 1.807) is 0 Å². The molecule has 0 bridgehead atoms. The Morgan fingerprint density at radius 2 is 0.379 bits per heavy atom. The Kier molecular flexibility index (Phi) is 13.0. The van der Waals surface area contributed by atoms with Gasteiger partial charge >= 0.3 is 108 Å². The molecule has 38 heteroatoms. The number of alkyl halides is 34. The summed E-state index contributed by atoms with van der Waals surface area (Å²) >= 11 is 0. The van der Waals surface area contributed by atoms with Crippen molar-refractivity contribution in [3.63, 3.8) is 0 Å². The minimum Gasteiger partial charge on any atom is -0.393 e. The lowest BCUT2D eigenvalue weighted by Crippen LogP contribution is -2.74. The molecule has 58 heavy (non-hydrogen) atoms. The van der Waals surface area contributed by atoms with E-state index in [0.29, 0.717) is 0 Å². The van der Waals surface area contributed by atoms with Gasteiger partial charge in [-0.3, -0.25) is 0 Å². The number of rotatable bonds is 16. The van der Waals surface area contributed by atoms with Crippen LogP contribution in [0.1, 0.15) is 0 Å². The molecule has 0 unspecified atom stereocenters. The average molecular weight is 952 g/mol. The molecule has 344 valence electrons. The van der Waals surface area contributed by atoms with Crippen molar-refractivity contribution >= 4 is 11.9 Å². The molecule has 0 aliphatic heterocycles. The minimum absolute atomic E-state index is 1.82. The van der Waals surface area contributed by atoms with Crippen LogP contribution in [0.3, 0.4) is 0 Å². The van der Waals surface area contributed by atoms with Crippen LogP contribution in [0.25, 0.3) is 0 Å². The minimum atomic E-state index is -9.29. The van der Waals surface area contributed by atoms with Gasteiger partial charge in [0.15, 0.2) is 0 Å². The van der Waals surface area contributed by atoms with E-state index in [-0.39, 0.29) is 0 Å². The van der Waals surface area contributed by atoms with E-state index < -0.39 is 120 Å². The fraction of sp³-hybridized carbons (Fsp3) is 0.800. The molecule has 0 saturated heterocycles. The first-order chi connectivity index (χ1) is 24.5. The van der Waals surface area contributed by atoms with Gasteiger partial charge in [-0.05, 0) is 0 Å². The van der Waals surface area contributed by atoms with E-state index in [1.165, 1.54) is 0 Å². The topological polar surface area (TPSA) is 52.6 Å². The van der Waals surface area contributed by atoms with Gasteiger partial charge in [-0.2, -0.15) is 149 Å². The smallest absolute Gasteiger partial charge is 0.393 e. The summed E-state index contributed by atoms with van der Waals surface area (Å²) in [6.45, 7) is 0. The van der Waals surface area contributed by atoms with E-state index in [1.807, 2.05) is 9.47 Å². The summed E-state index contributed by atoms with van der Waals surface area (Å²) in [5.74, 6) is -116. The predicted molar refractivity (Wildman–Crippen MR) is 103 cm³/mol. The Balaban J connectivity index is 6.66. The molecule has 0 aromatic carbocycles. The highest BCUT2D eigenvalue weighted by atomic mass is 19.4.